The Morgan fingerprint density at radius 2 is 1.54 bits per heavy atom. The second-order valence-electron chi connectivity index (χ2n) is 5.94. The molecule has 0 aliphatic heterocycles. The molecule has 4 heteroatoms. The van der Waals surface area contributed by atoms with E-state index in [1.807, 2.05) is 42.5 Å². The van der Waals surface area contributed by atoms with E-state index in [1.54, 1.807) is 18.0 Å². The molecular weight excluding hydrogens is 340 g/mol. The van der Waals surface area contributed by atoms with E-state index in [-0.39, 0.29) is 5.91 Å². The van der Waals surface area contributed by atoms with E-state index in [0.717, 1.165) is 11.1 Å². The standard InChI is InChI=1S/C22H20N2OS/c1-17-7-11-20(12-8-17)26-21-13-9-19(10-14-21)16-23-24-22(25)15-18-5-3-2-4-6-18/h2-14,16H,15H2,1H3,(H,24,25)/b23-16-. The van der Waals surface area contributed by atoms with Gasteiger partial charge in [-0.25, -0.2) is 5.43 Å². The average Bonchev–Trinajstić information content (AvgIpc) is 2.66. The number of nitrogens with one attached hydrogen (secondary N) is 1. The summed E-state index contributed by atoms with van der Waals surface area (Å²) in [7, 11) is 0. The highest BCUT2D eigenvalue weighted by Gasteiger charge is 2.01. The smallest absolute Gasteiger partial charge is 0.244 e. The van der Waals surface area contributed by atoms with Gasteiger partial charge in [0, 0.05) is 9.79 Å². The Morgan fingerprint density at radius 1 is 0.923 bits per heavy atom. The lowest BCUT2D eigenvalue weighted by Gasteiger charge is -2.03. The van der Waals surface area contributed by atoms with Gasteiger partial charge in [0.05, 0.1) is 12.6 Å². The number of nitrogens with zero attached hydrogens (tertiary/aromatic N) is 1. The quantitative estimate of drug-likeness (QED) is 0.505. The van der Waals surface area contributed by atoms with Gasteiger partial charge in [-0.15, -0.1) is 0 Å². The van der Waals surface area contributed by atoms with Crippen molar-refractivity contribution >= 4 is 23.9 Å². The van der Waals surface area contributed by atoms with Gasteiger partial charge in [0.1, 0.15) is 0 Å². The van der Waals surface area contributed by atoms with Crippen molar-refractivity contribution in [3.63, 3.8) is 0 Å². The highest BCUT2D eigenvalue weighted by atomic mass is 32.2. The molecule has 1 amide bonds. The van der Waals surface area contributed by atoms with Crippen molar-refractivity contribution in [2.75, 3.05) is 0 Å². The normalized spacial score (nSPS) is 10.8. The molecule has 0 aromatic heterocycles. The fraction of sp³-hybridized carbons (Fsp3) is 0.0909. The van der Waals surface area contributed by atoms with Gasteiger partial charge in [0.15, 0.2) is 0 Å². The first-order valence-electron chi connectivity index (χ1n) is 8.39. The first-order chi connectivity index (χ1) is 12.7. The van der Waals surface area contributed by atoms with Gasteiger partial charge in [-0.1, -0.05) is 71.9 Å². The number of amides is 1. The van der Waals surface area contributed by atoms with E-state index < -0.39 is 0 Å². The van der Waals surface area contributed by atoms with Gasteiger partial charge in [0.2, 0.25) is 5.91 Å². The third-order valence-electron chi connectivity index (χ3n) is 3.75. The molecule has 0 spiro atoms. The molecule has 1 N–H and O–H groups in total. The van der Waals surface area contributed by atoms with E-state index in [2.05, 4.69) is 53.8 Å². The van der Waals surface area contributed by atoms with Crippen LogP contribution in [0.5, 0.6) is 0 Å². The van der Waals surface area contributed by atoms with Crippen molar-refractivity contribution in [2.45, 2.75) is 23.1 Å². The molecular formula is C22H20N2OS. The van der Waals surface area contributed by atoms with Gasteiger partial charge < -0.3 is 0 Å². The Kier molecular flexibility index (Phi) is 6.23. The lowest BCUT2D eigenvalue weighted by Crippen LogP contribution is -2.19. The molecule has 130 valence electrons. The number of rotatable bonds is 6. The summed E-state index contributed by atoms with van der Waals surface area (Å²) in [5.41, 5.74) is 5.74. The molecule has 0 saturated heterocycles. The van der Waals surface area contributed by atoms with Crippen LogP contribution in [0.4, 0.5) is 0 Å². The second-order valence-corrected chi connectivity index (χ2v) is 7.09. The van der Waals surface area contributed by atoms with Crippen LogP contribution in [0.3, 0.4) is 0 Å². The number of carbonyl (C=O) groups is 1. The van der Waals surface area contributed by atoms with Gasteiger partial charge in [-0.05, 0) is 42.3 Å². The van der Waals surface area contributed by atoms with Crippen LogP contribution in [0.1, 0.15) is 16.7 Å². The maximum absolute atomic E-state index is 11.9. The molecule has 3 nitrogen and oxygen atoms in total. The molecule has 3 aromatic rings. The number of hydrogen-bond donors (Lipinski definition) is 1. The zero-order valence-corrected chi connectivity index (χ0v) is 15.4. The number of hydrazone groups is 1. The van der Waals surface area contributed by atoms with Gasteiger partial charge >= 0.3 is 0 Å². The summed E-state index contributed by atoms with van der Waals surface area (Å²) in [6.07, 6.45) is 1.98. The fourth-order valence-corrected chi connectivity index (χ4v) is 3.18. The Bertz CT molecular complexity index is 872. The van der Waals surface area contributed by atoms with Crippen LogP contribution < -0.4 is 5.43 Å². The Hall–Kier alpha value is -2.85. The van der Waals surface area contributed by atoms with Crippen LogP contribution >= 0.6 is 11.8 Å². The van der Waals surface area contributed by atoms with E-state index in [0.29, 0.717) is 6.42 Å². The van der Waals surface area contributed by atoms with Crippen molar-refractivity contribution in [2.24, 2.45) is 5.10 Å². The lowest BCUT2D eigenvalue weighted by atomic mass is 10.1. The van der Waals surface area contributed by atoms with Crippen molar-refractivity contribution in [1.82, 2.24) is 5.43 Å². The predicted molar refractivity (Wildman–Crippen MR) is 108 cm³/mol. The first kappa shape index (κ1) is 18.0. The van der Waals surface area contributed by atoms with Gasteiger partial charge in [-0.3, -0.25) is 4.79 Å². The number of hydrogen-bond acceptors (Lipinski definition) is 3. The van der Waals surface area contributed by atoms with E-state index >= 15 is 0 Å². The summed E-state index contributed by atoms with van der Waals surface area (Å²) >= 11 is 1.72. The molecule has 0 aliphatic rings. The summed E-state index contributed by atoms with van der Waals surface area (Å²) in [6.45, 7) is 2.08. The SMILES string of the molecule is Cc1ccc(Sc2ccc(/C=N\NC(=O)Cc3ccccc3)cc2)cc1. The minimum absolute atomic E-state index is 0.126. The molecule has 0 unspecified atom stereocenters. The van der Waals surface area contributed by atoms with Crippen molar-refractivity contribution in [3.05, 3.63) is 95.6 Å². The molecule has 3 rings (SSSR count). The third-order valence-corrected chi connectivity index (χ3v) is 4.76. The molecule has 3 aromatic carbocycles. The number of benzene rings is 3. The third kappa shape index (κ3) is 5.60. The molecule has 26 heavy (non-hydrogen) atoms. The fourth-order valence-electron chi connectivity index (χ4n) is 2.36. The zero-order valence-electron chi connectivity index (χ0n) is 14.6. The zero-order chi connectivity index (χ0) is 18.2. The first-order valence-corrected chi connectivity index (χ1v) is 9.21. The monoisotopic (exact) mass is 360 g/mol. The summed E-state index contributed by atoms with van der Waals surface area (Å²) in [6, 6.07) is 26.2. The molecule has 0 atom stereocenters. The maximum atomic E-state index is 11.9. The molecule has 0 fully saturated rings. The Balaban J connectivity index is 1.51. The van der Waals surface area contributed by atoms with E-state index in [9.17, 15) is 4.79 Å². The van der Waals surface area contributed by atoms with Crippen LogP contribution in [0.15, 0.2) is 93.8 Å². The lowest BCUT2D eigenvalue weighted by molar-refractivity contribution is -0.120. The minimum atomic E-state index is -0.126. The summed E-state index contributed by atoms with van der Waals surface area (Å²) < 4.78 is 0. The highest BCUT2D eigenvalue weighted by Crippen LogP contribution is 2.27. The number of aryl methyl sites for hydroxylation is 1. The highest BCUT2D eigenvalue weighted by molar-refractivity contribution is 7.99. The maximum Gasteiger partial charge on any atom is 0.244 e. The van der Waals surface area contributed by atoms with Crippen LogP contribution in [0, 0.1) is 6.92 Å². The molecule has 0 aliphatic carbocycles. The van der Waals surface area contributed by atoms with Crippen molar-refractivity contribution < 1.29 is 4.79 Å². The molecule has 0 saturated carbocycles. The summed E-state index contributed by atoms with van der Waals surface area (Å²) in [5.74, 6) is -0.126. The molecule has 0 heterocycles. The van der Waals surface area contributed by atoms with Gasteiger partial charge in [0.25, 0.3) is 0 Å². The Morgan fingerprint density at radius 3 is 2.19 bits per heavy atom. The predicted octanol–water partition coefficient (Wildman–Crippen LogP) is 4.84. The van der Waals surface area contributed by atoms with Crippen LogP contribution in [-0.4, -0.2) is 12.1 Å². The number of carbonyl (C=O) groups excluding carboxylic acids is 1. The Labute approximate surface area is 158 Å². The second kappa shape index (κ2) is 9.02. The van der Waals surface area contributed by atoms with Crippen molar-refractivity contribution in [1.29, 1.82) is 0 Å². The van der Waals surface area contributed by atoms with Crippen LogP contribution in [-0.2, 0) is 11.2 Å². The largest absolute Gasteiger partial charge is 0.273 e. The summed E-state index contributed by atoms with van der Waals surface area (Å²) in [5, 5.41) is 4.03. The molecule has 0 radical (unpaired) electrons. The minimum Gasteiger partial charge on any atom is -0.273 e. The average molecular weight is 360 g/mol. The van der Waals surface area contributed by atoms with Crippen LogP contribution in [0.25, 0.3) is 0 Å². The molecule has 0 bridgehead atoms. The topological polar surface area (TPSA) is 41.5 Å². The van der Waals surface area contributed by atoms with Crippen LogP contribution in [0.2, 0.25) is 0 Å². The van der Waals surface area contributed by atoms with Crippen molar-refractivity contribution in [3.8, 4) is 0 Å². The van der Waals surface area contributed by atoms with E-state index in [1.165, 1.54) is 15.4 Å². The van der Waals surface area contributed by atoms with Gasteiger partial charge in [-0.2, -0.15) is 5.10 Å². The van der Waals surface area contributed by atoms with E-state index in [4.69, 9.17) is 0 Å². The summed E-state index contributed by atoms with van der Waals surface area (Å²) in [4.78, 5) is 14.2.